The third kappa shape index (κ3) is 2.87. The Morgan fingerprint density at radius 3 is 2.55 bits per heavy atom. The zero-order valence-corrected chi connectivity index (χ0v) is 10.6. The Hall–Kier alpha value is -3.00. The second-order valence-corrected chi connectivity index (χ2v) is 4.23. The van der Waals surface area contributed by atoms with Gasteiger partial charge < -0.3 is 16.2 Å². The van der Waals surface area contributed by atoms with Gasteiger partial charge in [0, 0.05) is 6.54 Å². The SMILES string of the molecule is N#Cc1ccc(CNc2cccc(C(=O)O)c2N)cc1. The highest BCUT2D eigenvalue weighted by atomic mass is 16.4. The van der Waals surface area contributed by atoms with Crippen LogP contribution in [0.4, 0.5) is 11.4 Å². The van der Waals surface area contributed by atoms with Gasteiger partial charge >= 0.3 is 5.97 Å². The Kier molecular flexibility index (Phi) is 3.87. The summed E-state index contributed by atoms with van der Waals surface area (Å²) in [6.45, 7) is 0.499. The molecule has 0 atom stereocenters. The number of nitrogens with two attached hydrogens (primary N) is 1. The summed E-state index contributed by atoms with van der Waals surface area (Å²) in [6, 6.07) is 14.0. The summed E-state index contributed by atoms with van der Waals surface area (Å²) in [5.41, 5.74) is 8.25. The Balaban J connectivity index is 2.13. The van der Waals surface area contributed by atoms with E-state index >= 15 is 0 Å². The molecule has 0 aliphatic heterocycles. The number of benzene rings is 2. The second kappa shape index (κ2) is 5.76. The highest BCUT2D eigenvalue weighted by molar-refractivity contribution is 5.97. The largest absolute Gasteiger partial charge is 0.478 e. The van der Waals surface area contributed by atoms with Gasteiger partial charge in [-0.05, 0) is 29.8 Å². The number of aromatic carboxylic acids is 1. The summed E-state index contributed by atoms with van der Waals surface area (Å²) < 4.78 is 0. The predicted molar refractivity (Wildman–Crippen MR) is 76.3 cm³/mol. The van der Waals surface area contributed by atoms with Crippen LogP contribution in [-0.2, 0) is 6.54 Å². The zero-order chi connectivity index (χ0) is 14.5. The van der Waals surface area contributed by atoms with Crippen molar-refractivity contribution in [2.24, 2.45) is 0 Å². The maximum Gasteiger partial charge on any atom is 0.337 e. The van der Waals surface area contributed by atoms with E-state index in [0.29, 0.717) is 17.8 Å². The van der Waals surface area contributed by atoms with Crippen LogP contribution in [0.5, 0.6) is 0 Å². The van der Waals surface area contributed by atoms with Gasteiger partial charge in [0.15, 0.2) is 0 Å². The van der Waals surface area contributed by atoms with E-state index in [1.165, 1.54) is 6.07 Å². The number of carboxylic acids is 1. The summed E-state index contributed by atoms with van der Waals surface area (Å²) in [6.07, 6.45) is 0. The summed E-state index contributed by atoms with van der Waals surface area (Å²) in [7, 11) is 0. The smallest absolute Gasteiger partial charge is 0.337 e. The normalized spacial score (nSPS) is 9.75. The number of nitrogens with one attached hydrogen (secondary N) is 1. The van der Waals surface area contributed by atoms with Crippen LogP contribution >= 0.6 is 0 Å². The molecule has 100 valence electrons. The average Bonchev–Trinajstić information content (AvgIpc) is 2.46. The van der Waals surface area contributed by atoms with E-state index in [1.807, 2.05) is 12.1 Å². The van der Waals surface area contributed by atoms with Gasteiger partial charge in [-0.1, -0.05) is 18.2 Å². The molecule has 2 rings (SSSR count). The number of carbonyl (C=O) groups is 1. The monoisotopic (exact) mass is 267 g/mol. The summed E-state index contributed by atoms with van der Waals surface area (Å²) in [5.74, 6) is -1.05. The van der Waals surface area contributed by atoms with Crippen LogP contribution in [0, 0.1) is 11.3 Å². The number of carboxylic acid groups (broad SMARTS) is 1. The molecule has 5 nitrogen and oxygen atoms in total. The molecule has 0 fully saturated rings. The Morgan fingerprint density at radius 2 is 1.95 bits per heavy atom. The first-order valence-electron chi connectivity index (χ1n) is 5.96. The topological polar surface area (TPSA) is 99.1 Å². The fraction of sp³-hybridized carbons (Fsp3) is 0.0667. The van der Waals surface area contributed by atoms with E-state index in [1.54, 1.807) is 24.3 Å². The molecule has 0 unspecified atom stereocenters. The van der Waals surface area contributed by atoms with E-state index in [4.69, 9.17) is 16.1 Å². The number of para-hydroxylation sites is 1. The quantitative estimate of drug-likeness (QED) is 0.739. The van der Waals surface area contributed by atoms with Crippen molar-refractivity contribution in [3.63, 3.8) is 0 Å². The molecule has 2 aromatic carbocycles. The van der Waals surface area contributed by atoms with Crippen LogP contribution in [-0.4, -0.2) is 11.1 Å². The lowest BCUT2D eigenvalue weighted by Gasteiger charge is -2.11. The van der Waals surface area contributed by atoms with Gasteiger partial charge in [-0.2, -0.15) is 5.26 Å². The fourth-order valence-electron chi connectivity index (χ4n) is 1.80. The molecule has 0 saturated heterocycles. The van der Waals surface area contributed by atoms with Gasteiger partial charge in [0.05, 0.1) is 28.6 Å². The van der Waals surface area contributed by atoms with Crippen LogP contribution in [0.1, 0.15) is 21.5 Å². The third-order valence-electron chi connectivity index (χ3n) is 2.90. The lowest BCUT2D eigenvalue weighted by molar-refractivity contribution is 0.0698. The number of hydrogen-bond donors (Lipinski definition) is 3. The highest BCUT2D eigenvalue weighted by Gasteiger charge is 2.10. The van der Waals surface area contributed by atoms with Crippen molar-refractivity contribution in [1.82, 2.24) is 0 Å². The van der Waals surface area contributed by atoms with Crippen LogP contribution < -0.4 is 11.1 Å². The molecule has 4 N–H and O–H groups in total. The van der Waals surface area contributed by atoms with E-state index in [2.05, 4.69) is 11.4 Å². The van der Waals surface area contributed by atoms with E-state index < -0.39 is 5.97 Å². The number of nitrogens with zero attached hydrogens (tertiary/aromatic N) is 1. The molecule has 0 aliphatic carbocycles. The van der Waals surface area contributed by atoms with Gasteiger partial charge in [-0.25, -0.2) is 4.79 Å². The van der Waals surface area contributed by atoms with Gasteiger partial charge in [0.2, 0.25) is 0 Å². The minimum atomic E-state index is -1.05. The molecule has 0 aromatic heterocycles. The Bertz CT molecular complexity index is 673. The summed E-state index contributed by atoms with van der Waals surface area (Å²) in [4.78, 5) is 11.0. The van der Waals surface area contributed by atoms with Crippen molar-refractivity contribution in [2.45, 2.75) is 6.54 Å². The maximum absolute atomic E-state index is 11.0. The molecule has 0 heterocycles. The summed E-state index contributed by atoms with van der Waals surface area (Å²) >= 11 is 0. The van der Waals surface area contributed by atoms with E-state index in [-0.39, 0.29) is 11.3 Å². The molecular formula is C15H13N3O2. The predicted octanol–water partition coefficient (Wildman–Crippen LogP) is 2.45. The Labute approximate surface area is 116 Å². The van der Waals surface area contributed by atoms with Gasteiger partial charge in [0.1, 0.15) is 0 Å². The minimum Gasteiger partial charge on any atom is -0.478 e. The van der Waals surface area contributed by atoms with Crippen molar-refractivity contribution < 1.29 is 9.90 Å². The number of nitrogen functional groups attached to an aromatic ring is 1. The molecule has 5 heteroatoms. The highest BCUT2D eigenvalue weighted by Crippen LogP contribution is 2.23. The number of rotatable bonds is 4. The third-order valence-corrected chi connectivity index (χ3v) is 2.90. The average molecular weight is 267 g/mol. The molecule has 0 aliphatic rings. The molecule has 0 saturated carbocycles. The number of nitriles is 1. The summed E-state index contributed by atoms with van der Waals surface area (Å²) in [5, 5.41) is 20.8. The van der Waals surface area contributed by atoms with E-state index in [9.17, 15) is 4.79 Å². The van der Waals surface area contributed by atoms with Crippen LogP contribution in [0.25, 0.3) is 0 Å². The first kappa shape index (κ1) is 13.4. The first-order chi connectivity index (χ1) is 9.61. The standard InChI is InChI=1S/C15H13N3O2/c16-8-10-4-6-11(7-5-10)9-18-13-3-1-2-12(14(13)17)15(19)20/h1-7,18H,9,17H2,(H,19,20). The second-order valence-electron chi connectivity index (χ2n) is 4.23. The van der Waals surface area contributed by atoms with Crippen molar-refractivity contribution in [3.05, 3.63) is 59.2 Å². The van der Waals surface area contributed by atoms with Crippen molar-refractivity contribution in [3.8, 4) is 6.07 Å². The van der Waals surface area contributed by atoms with Crippen molar-refractivity contribution >= 4 is 17.3 Å². The molecule has 0 bridgehead atoms. The minimum absolute atomic E-state index is 0.0785. The molecule has 0 spiro atoms. The number of hydrogen-bond acceptors (Lipinski definition) is 4. The molecular weight excluding hydrogens is 254 g/mol. The van der Waals surface area contributed by atoms with Crippen LogP contribution in [0.3, 0.4) is 0 Å². The first-order valence-corrected chi connectivity index (χ1v) is 5.96. The lowest BCUT2D eigenvalue weighted by atomic mass is 10.1. The maximum atomic E-state index is 11.0. The van der Waals surface area contributed by atoms with Crippen LogP contribution in [0.15, 0.2) is 42.5 Å². The lowest BCUT2D eigenvalue weighted by Crippen LogP contribution is -2.07. The molecule has 2 aromatic rings. The Morgan fingerprint density at radius 1 is 1.25 bits per heavy atom. The van der Waals surface area contributed by atoms with Crippen molar-refractivity contribution in [1.29, 1.82) is 5.26 Å². The van der Waals surface area contributed by atoms with Gasteiger partial charge in [-0.3, -0.25) is 0 Å². The molecule has 20 heavy (non-hydrogen) atoms. The van der Waals surface area contributed by atoms with Gasteiger partial charge in [0.25, 0.3) is 0 Å². The van der Waals surface area contributed by atoms with Crippen molar-refractivity contribution in [2.75, 3.05) is 11.1 Å². The van der Waals surface area contributed by atoms with E-state index in [0.717, 1.165) is 5.56 Å². The number of anilines is 2. The fourth-order valence-corrected chi connectivity index (χ4v) is 1.80. The molecule has 0 radical (unpaired) electrons. The van der Waals surface area contributed by atoms with Crippen LogP contribution in [0.2, 0.25) is 0 Å². The zero-order valence-electron chi connectivity index (χ0n) is 10.6. The molecule has 0 amide bonds. The van der Waals surface area contributed by atoms with Gasteiger partial charge in [-0.15, -0.1) is 0 Å².